The molecule has 2 unspecified atom stereocenters. The highest BCUT2D eigenvalue weighted by atomic mass is 16.3. The molecule has 1 heterocycles. The van der Waals surface area contributed by atoms with Crippen molar-refractivity contribution in [3.8, 4) is 0 Å². The van der Waals surface area contributed by atoms with Gasteiger partial charge in [-0.3, -0.25) is 0 Å². The molecule has 2 rings (SSSR count). The van der Waals surface area contributed by atoms with Crippen LogP contribution >= 0.6 is 0 Å². The summed E-state index contributed by atoms with van der Waals surface area (Å²) in [4.78, 5) is 14.0. The number of urea groups is 1. The fourth-order valence-electron chi connectivity index (χ4n) is 2.66. The van der Waals surface area contributed by atoms with Gasteiger partial charge in [0.1, 0.15) is 0 Å². The van der Waals surface area contributed by atoms with Crippen LogP contribution in [0.1, 0.15) is 31.4 Å². The molecule has 0 aromatic heterocycles. The molecule has 1 aromatic carbocycles. The summed E-state index contributed by atoms with van der Waals surface area (Å²) in [5.41, 5.74) is 2.01. The van der Waals surface area contributed by atoms with Crippen molar-refractivity contribution < 1.29 is 9.90 Å². The van der Waals surface area contributed by atoms with Crippen molar-refractivity contribution in [2.75, 3.05) is 32.1 Å². The monoisotopic (exact) mass is 291 g/mol. The summed E-state index contributed by atoms with van der Waals surface area (Å²) >= 11 is 0. The van der Waals surface area contributed by atoms with E-state index in [1.54, 1.807) is 0 Å². The second kappa shape index (κ2) is 7.43. The summed E-state index contributed by atoms with van der Waals surface area (Å²) in [7, 11) is 1.93. The molecule has 1 aliphatic rings. The molecule has 1 aromatic rings. The molecule has 2 atom stereocenters. The van der Waals surface area contributed by atoms with Crippen LogP contribution in [-0.2, 0) is 0 Å². The number of likely N-dealkylation sites (tertiary alicyclic amines) is 1. The zero-order valence-corrected chi connectivity index (χ0v) is 12.8. The van der Waals surface area contributed by atoms with Crippen LogP contribution in [0.4, 0.5) is 10.5 Å². The first-order valence-corrected chi connectivity index (χ1v) is 7.58. The normalized spacial score (nSPS) is 19.6. The first-order chi connectivity index (χ1) is 10.1. The van der Waals surface area contributed by atoms with Crippen LogP contribution in [0, 0.1) is 5.92 Å². The Kier molecular flexibility index (Phi) is 5.59. The third-order valence-electron chi connectivity index (χ3n) is 4.21. The third kappa shape index (κ3) is 4.19. The Balaban J connectivity index is 1.88. The highest BCUT2D eigenvalue weighted by Crippen LogP contribution is 2.21. The minimum absolute atomic E-state index is 0.0511. The second-order valence-corrected chi connectivity index (χ2v) is 5.68. The molecular formula is C16H25N3O2. The third-order valence-corrected chi connectivity index (χ3v) is 4.21. The Morgan fingerprint density at radius 2 is 2.14 bits per heavy atom. The van der Waals surface area contributed by atoms with Gasteiger partial charge in [-0.05, 0) is 50.4 Å². The van der Waals surface area contributed by atoms with Crippen molar-refractivity contribution in [1.82, 2.24) is 10.2 Å². The maximum Gasteiger partial charge on any atom is 0.321 e. The number of anilines is 1. The van der Waals surface area contributed by atoms with E-state index in [1.165, 1.54) is 5.56 Å². The fraction of sp³-hybridized carbons (Fsp3) is 0.562. The number of aliphatic hydroxyl groups excluding tert-OH is 1. The van der Waals surface area contributed by atoms with Gasteiger partial charge >= 0.3 is 6.03 Å². The molecule has 0 saturated carbocycles. The molecule has 0 bridgehead atoms. The van der Waals surface area contributed by atoms with E-state index in [0.29, 0.717) is 12.0 Å². The minimum Gasteiger partial charge on any atom is -0.396 e. The number of carbonyl (C=O) groups excluding carboxylic acids is 1. The van der Waals surface area contributed by atoms with Crippen molar-refractivity contribution in [2.45, 2.75) is 25.8 Å². The molecule has 5 nitrogen and oxygen atoms in total. The Morgan fingerprint density at radius 3 is 2.76 bits per heavy atom. The summed E-state index contributed by atoms with van der Waals surface area (Å²) in [6, 6.07) is 8.16. The van der Waals surface area contributed by atoms with E-state index in [-0.39, 0.29) is 12.6 Å². The summed E-state index contributed by atoms with van der Waals surface area (Å²) in [5.74, 6) is 0.430. The topological polar surface area (TPSA) is 64.6 Å². The van der Waals surface area contributed by atoms with Crippen LogP contribution in [-0.4, -0.2) is 42.8 Å². The lowest BCUT2D eigenvalue weighted by Gasteiger charge is -2.18. The van der Waals surface area contributed by atoms with Crippen LogP contribution in [0.3, 0.4) is 0 Å². The molecule has 0 spiro atoms. The van der Waals surface area contributed by atoms with Crippen LogP contribution in [0.25, 0.3) is 0 Å². The predicted octanol–water partition coefficient (Wildman–Crippen LogP) is 2.20. The average molecular weight is 291 g/mol. The van der Waals surface area contributed by atoms with E-state index in [2.05, 4.69) is 17.6 Å². The molecule has 1 fully saturated rings. The van der Waals surface area contributed by atoms with Gasteiger partial charge in [0.15, 0.2) is 0 Å². The predicted molar refractivity (Wildman–Crippen MR) is 84.3 cm³/mol. The Morgan fingerprint density at radius 1 is 1.43 bits per heavy atom. The standard InChI is InChI=1S/C16H25N3O2/c1-12(17-2)14-3-5-15(6-4-14)18-16(21)19-9-7-13(11-19)8-10-20/h3-6,12-13,17,20H,7-11H2,1-2H3,(H,18,21). The van der Waals surface area contributed by atoms with Crippen LogP contribution in [0.5, 0.6) is 0 Å². The van der Waals surface area contributed by atoms with Gasteiger partial charge in [0, 0.05) is 31.4 Å². The first kappa shape index (κ1) is 15.8. The summed E-state index contributed by atoms with van der Waals surface area (Å²) in [6.45, 7) is 3.80. The molecule has 116 valence electrons. The number of carbonyl (C=O) groups is 1. The Labute approximate surface area is 126 Å². The number of nitrogens with one attached hydrogen (secondary N) is 2. The zero-order valence-electron chi connectivity index (χ0n) is 12.8. The molecule has 2 amide bonds. The van der Waals surface area contributed by atoms with E-state index in [0.717, 1.165) is 31.6 Å². The number of amides is 2. The number of hydrogen-bond acceptors (Lipinski definition) is 3. The van der Waals surface area contributed by atoms with Gasteiger partial charge in [0.2, 0.25) is 0 Å². The van der Waals surface area contributed by atoms with Gasteiger partial charge in [-0.1, -0.05) is 12.1 Å². The zero-order chi connectivity index (χ0) is 15.2. The number of nitrogens with zero attached hydrogens (tertiary/aromatic N) is 1. The lowest BCUT2D eigenvalue weighted by Crippen LogP contribution is -2.33. The maximum atomic E-state index is 12.2. The number of benzene rings is 1. The lowest BCUT2D eigenvalue weighted by molar-refractivity contribution is 0.217. The SMILES string of the molecule is CNC(C)c1ccc(NC(=O)N2CCC(CCO)C2)cc1. The molecular weight excluding hydrogens is 266 g/mol. The van der Waals surface area contributed by atoms with Crippen LogP contribution < -0.4 is 10.6 Å². The van der Waals surface area contributed by atoms with Crippen molar-refractivity contribution in [2.24, 2.45) is 5.92 Å². The van der Waals surface area contributed by atoms with Gasteiger partial charge < -0.3 is 20.6 Å². The van der Waals surface area contributed by atoms with Crippen LogP contribution in [0.15, 0.2) is 24.3 Å². The molecule has 0 radical (unpaired) electrons. The molecule has 0 aliphatic carbocycles. The van der Waals surface area contributed by atoms with Gasteiger partial charge in [0.25, 0.3) is 0 Å². The van der Waals surface area contributed by atoms with Crippen molar-refractivity contribution >= 4 is 11.7 Å². The van der Waals surface area contributed by atoms with Crippen LogP contribution in [0.2, 0.25) is 0 Å². The summed E-state index contributed by atoms with van der Waals surface area (Å²) in [6.07, 6.45) is 1.76. The van der Waals surface area contributed by atoms with Gasteiger partial charge in [0.05, 0.1) is 0 Å². The highest BCUT2D eigenvalue weighted by molar-refractivity contribution is 5.89. The maximum absolute atomic E-state index is 12.2. The van der Waals surface area contributed by atoms with E-state index < -0.39 is 0 Å². The van der Waals surface area contributed by atoms with E-state index >= 15 is 0 Å². The van der Waals surface area contributed by atoms with Crippen molar-refractivity contribution in [1.29, 1.82) is 0 Å². The quantitative estimate of drug-likeness (QED) is 0.779. The summed E-state index contributed by atoms with van der Waals surface area (Å²) < 4.78 is 0. The van der Waals surface area contributed by atoms with Gasteiger partial charge in [-0.25, -0.2) is 4.79 Å². The average Bonchev–Trinajstić information content (AvgIpc) is 2.96. The largest absolute Gasteiger partial charge is 0.396 e. The van der Waals surface area contributed by atoms with Gasteiger partial charge in [-0.15, -0.1) is 0 Å². The first-order valence-electron chi connectivity index (χ1n) is 7.58. The summed E-state index contributed by atoms with van der Waals surface area (Å²) in [5, 5.41) is 15.1. The molecule has 1 aliphatic heterocycles. The second-order valence-electron chi connectivity index (χ2n) is 5.68. The smallest absolute Gasteiger partial charge is 0.321 e. The Hall–Kier alpha value is -1.59. The van der Waals surface area contributed by atoms with E-state index in [4.69, 9.17) is 5.11 Å². The number of aliphatic hydroxyl groups is 1. The fourth-order valence-corrected chi connectivity index (χ4v) is 2.66. The molecule has 3 N–H and O–H groups in total. The minimum atomic E-state index is -0.0511. The van der Waals surface area contributed by atoms with Gasteiger partial charge in [-0.2, -0.15) is 0 Å². The van der Waals surface area contributed by atoms with E-state index in [9.17, 15) is 4.79 Å². The van der Waals surface area contributed by atoms with Crippen molar-refractivity contribution in [3.63, 3.8) is 0 Å². The molecule has 1 saturated heterocycles. The molecule has 21 heavy (non-hydrogen) atoms. The van der Waals surface area contributed by atoms with E-state index in [1.807, 2.05) is 36.2 Å². The highest BCUT2D eigenvalue weighted by Gasteiger charge is 2.25. The number of rotatable bonds is 5. The lowest BCUT2D eigenvalue weighted by atomic mass is 10.1. The van der Waals surface area contributed by atoms with Crippen molar-refractivity contribution in [3.05, 3.63) is 29.8 Å². The Bertz CT molecular complexity index is 461. The number of hydrogen-bond donors (Lipinski definition) is 3. The molecule has 5 heteroatoms.